The number of amides is 1. The Hall–Kier alpha value is -2.26. The van der Waals surface area contributed by atoms with Crippen molar-refractivity contribution in [2.45, 2.75) is 37.4 Å². The van der Waals surface area contributed by atoms with Crippen LogP contribution in [-0.2, 0) is 21.2 Å². The third-order valence-electron chi connectivity index (χ3n) is 5.38. The lowest BCUT2D eigenvalue weighted by atomic mass is 10.1. The average molecular weight is 459 g/mol. The van der Waals surface area contributed by atoms with Gasteiger partial charge in [0.1, 0.15) is 0 Å². The smallest absolute Gasteiger partial charge is 0.251 e. The number of carbonyl (C=O) groups excluding carboxylic acids is 1. The normalized spacial score (nSPS) is 20.1. The van der Waals surface area contributed by atoms with Gasteiger partial charge in [-0.2, -0.15) is 4.31 Å². The van der Waals surface area contributed by atoms with E-state index in [4.69, 9.17) is 4.74 Å². The van der Waals surface area contributed by atoms with Gasteiger partial charge in [-0.05, 0) is 66.9 Å². The number of nitrogens with one attached hydrogen (secondary N) is 1. The van der Waals surface area contributed by atoms with Gasteiger partial charge < -0.3 is 10.1 Å². The van der Waals surface area contributed by atoms with Crippen LogP contribution in [0.4, 0.5) is 0 Å². The molecule has 1 saturated heterocycles. The largest absolute Gasteiger partial charge is 0.373 e. The lowest BCUT2D eigenvalue weighted by Crippen LogP contribution is -2.48. The first-order valence-electron chi connectivity index (χ1n) is 10.3. The van der Waals surface area contributed by atoms with Crippen LogP contribution in [-0.4, -0.2) is 50.5 Å². The van der Waals surface area contributed by atoms with Crippen molar-refractivity contribution < 1.29 is 17.9 Å². The number of rotatable bonds is 6. The lowest BCUT2D eigenvalue weighted by Gasteiger charge is -2.34. The Balaban J connectivity index is 1.37. The number of hydrogen-bond donors (Lipinski definition) is 1. The van der Waals surface area contributed by atoms with Gasteiger partial charge >= 0.3 is 0 Å². The van der Waals surface area contributed by atoms with Crippen LogP contribution >= 0.6 is 11.3 Å². The molecule has 1 aliphatic rings. The van der Waals surface area contributed by atoms with Gasteiger partial charge in [-0.15, -0.1) is 11.3 Å². The number of hydrogen-bond acceptors (Lipinski definition) is 5. The molecule has 1 amide bonds. The number of thiophene rings is 1. The number of benzene rings is 2. The second-order valence-electron chi connectivity index (χ2n) is 7.87. The summed E-state index contributed by atoms with van der Waals surface area (Å²) in [6.07, 6.45) is 0.447. The van der Waals surface area contributed by atoms with Gasteiger partial charge in [0, 0.05) is 29.9 Å². The third-order valence-corrected chi connectivity index (χ3v) is 8.24. The van der Waals surface area contributed by atoms with Crippen molar-refractivity contribution in [3.63, 3.8) is 0 Å². The Morgan fingerprint density at radius 1 is 1.10 bits per heavy atom. The number of fused-ring (bicyclic) bond motifs is 1. The summed E-state index contributed by atoms with van der Waals surface area (Å²) < 4.78 is 34.2. The highest BCUT2D eigenvalue weighted by molar-refractivity contribution is 7.89. The third kappa shape index (κ3) is 4.82. The standard InChI is InChI=1S/C23H26N2O4S2/c1-16-13-25(14-17(2)29-16)31(27,28)20-9-7-18(8-10-20)23(26)24-12-11-19-15-30-22-6-4-3-5-21(19)22/h3-10,15-17H,11-14H2,1-2H3,(H,24,26). The van der Waals surface area contributed by atoms with Gasteiger partial charge in [-0.3, -0.25) is 4.79 Å². The maximum Gasteiger partial charge on any atom is 0.251 e. The van der Waals surface area contributed by atoms with Crippen LogP contribution in [0, 0.1) is 0 Å². The molecule has 3 aromatic rings. The minimum Gasteiger partial charge on any atom is -0.373 e. The van der Waals surface area contributed by atoms with E-state index in [9.17, 15) is 13.2 Å². The molecular weight excluding hydrogens is 432 g/mol. The zero-order valence-electron chi connectivity index (χ0n) is 17.6. The number of sulfonamides is 1. The summed E-state index contributed by atoms with van der Waals surface area (Å²) in [5.41, 5.74) is 1.66. The number of carbonyl (C=O) groups is 1. The van der Waals surface area contributed by atoms with Crippen LogP contribution in [0.25, 0.3) is 10.1 Å². The summed E-state index contributed by atoms with van der Waals surface area (Å²) >= 11 is 1.70. The van der Waals surface area contributed by atoms with E-state index in [2.05, 4.69) is 22.8 Å². The molecular formula is C23H26N2O4S2. The minimum atomic E-state index is -3.61. The zero-order chi connectivity index (χ0) is 22.0. The van der Waals surface area contributed by atoms with Crippen LogP contribution in [0.2, 0.25) is 0 Å². The molecule has 2 atom stereocenters. The maximum atomic E-state index is 12.9. The van der Waals surface area contributed by atoms with Crippen LogP contribution in [0.1, 0.15) is 29.8 Å². The molecule has 8 heteroatoms. The summed E-state index contributed by atoms with van der Waals surface area (Å²) in [6.45, 7) is 4.90. The topological polar surface area (TPSA) is 75.7 Å². The Morgan fingerprint density at radius 3 is 2.48 bits per heavy atom. The van der Waals surface area contributed by atoms with Crippen molar-refractivity contribution in [3.8, 4) is 0 Å². The van der Waals surface area contributed by atoms with Gasteiger partial charge in [0.15, 0.2) is 0 Å². The molecule has 0 spiro atoms. The first-order chi connectivity index (χ1) is 14.8. The summed E-state index contributed by atoms with van der Waals surface area (Å²) in [4.78, 5) is 12.7. The summed E-state index contributed by atoms with van der Waals surface area (Å²) in [5, 5.41) is 6.28. The van der Waals surface area contributed by atoms with Gasteiger partial charge in [0.05, 0.1) is 17.1 Å². The van der Waals surface area contributed by atoms with Crippen molar-refractivity contribution in [2.24, 2.45) is 0 Å². The van der Waals surface area contributed by atoms with Gasteiger partial charge in [-0.25, -0.2) is 8.42 Å². The molecule has 2 aromatic carbocycles. The van der Waals surface area contributed by atoms with Crippen molar-refractivity contribution in [1.29, 1.82) is 0 Å². The molecule has 1 aromatic heterocycles. The molecule has 164 valence electrons. The summed E-state index contributed by atoms with van der Waals surface area (Å²) in [7, 11) is -3.61. The second kappa shape index (κ2) is 9.08. The average Bonchev–Trinajstić information content (AvgIpc) is 3.16. The van der Waals surface area contributed by atoms with E-state index >= 15 is 0 Å². The van der Waals surface area contributed by atoms with Crippen LogP contribution in [0.3, 0.4) is 0 Å². The molecule has 0 bridgehead atoms. The Bertz CT molecular complexity index is 1160. The van der Waals surface area contributed by atoms with Crippen LogP contribution < -0.4 is 5.32 Å². The number of ether oxygens (including phenoxy) is 1. The molecule has 1 N–H and O–H groups in total. The van der Waals surface area contributed by atoms with Gasteiger partial charge in [0.2, 0.25) is 10.0 Å². The monoisotopic (exact) mass is 458 g/mol. The van der Waals surface area contributed by atoms with E-state index in [1.807, 2.05) is 26.0 Å². The zero-order valence-corrected chi connectivity index (χ0v) is 19.2. The van der Waals surface area contributed by atoms with Gasteiger partial charge in [-0.1, -0.05) is 18.2 Å². The first kappa shape index (κ1) is 22.0. The van der Waals surface area contributed by atoms with Crippen molar-refractivity contribution in [3.05, 3.63) is 65.0 Å². The predicted octanol–water partition coefficient (Wildman–Crippen LogP) is 3.67. The van der Waals surface area contributed by atoms with Crippen molar-refractivity contribution in [2.75, 3.05) is 19.6 Å². The van der Waals surface area contributed by atoms with E-state index in [0.29, 0.717) is 25.2 Å². The van der Waals surface area contributed by atoms with E-state index in [0.717, 1.165) is 6.42 Å². The Labute approximate surface area is 186 Å². The van der Waals surface area contributed by atoms with E-state index < -0.39 is 10.0 Å². The van der Waals surface area contributed by atoms with Crippen molar-refractivity contribution in [1.82, 2.24) is 9.62 Å². The Kier molecular flexibility index (Phi) is 6.43. The lowest BCUT2D eigenvalue weighted by molar-refractivity contribution is -0.0440. The molecule has 0 radical (unpaired) electrons. The molecule has 1 aliphatic heterocycles. The predicted molar refractivity (Wildman–Crippen MR) is 123 cm³/mol. The molecule has 1 fully saturated rings. The van der Waals surface area contributed by atoms with Crippen molar-refractivity contribution >= 4 is 37.4 Å². The highest BCUT2D eigenvalue weighted by Crippen LogP contribution is 2.26. The number of nitrogens with zero attached hydrogens (tertiary/aromatic N) is 1. The molecule has 0 aliphatic carbocycles. The quantitative estimate of drug-likeness (QED) is 0.612. The second-order valence-corrected chi connectivity index (χ2v) is 10.7. The number of morpholine rings is 1. The fourth-order valence-corrected chi connectivity index (χ4v) is 6.48. The molecule has 6 nitrogen and oxygen atoms in total. The summed E-state index contributed by atoms with van der Waals surface area (Å²) in [5.74, 6) is -0.211. The van der Waals surface area contributed by atoms with Gasteiger partial charge in [0.25, 0.3) is 5.91 Å². The summed E-state index contributed by atoms with van der Waals surface area (Å²) in [6, 6.07) is 14.4. The van der Waals surface area contributed by atoms with E-state index in [-0.39, 0.29) is 23.0 Å². The van der Waals surface area contributed by atoms with Crippen LogP contribution in [0.5, 0.6) is 0 Å². The minimum absolute atomic E-state index is 0.149. The fourth-order valence-electron chi connectivity index (χ4n) is 3.89. The first-order valence-corrected chi connectivity index (χ1v) is 12.7. The maximum absolute atomic E-state index is 12.9. The fraction of sp³-hybridized carbons (Fsp3) is 0.348. The molecule has 0 saturated carbocycles. The Morgan fingerprint density at radius 2 is 1.77 bits per heavy atom. The van der Waals surface area contributed by atoms with Crippen LogP contribution in [0.15, 0.2) is 58.8 Å². The molecule has 31 heavy (non-hydrogen) atoms. The van der Waals surface area contributed by atoms with E-state index in [1.165, 1.54) is 32.1 Å². The SMILES string of the molecule is CC1CN(S(=O)(=O)c2ccc(C(=O)NCCc3csc4ccccc34)cc2)CC(C)O1. The van der Waals surface area contributed by atoms with E-state index in [1.54, 1.807) is 23.5 Å². The highest BCUT2D eigenvalue weighted by Gasteiger charge is 2.32. The molecule has 4 rings (SSSR count). The highest BCUT2D eigenvalue weighted by atomic mass is 32.2. The molecule has 2 unspecified atom stereocenters. The molecule has 2 heterocycles.